The summed E-state index contributed by atoms with van der Waals surface area (Å²) in [5.74, 6) is 1.17. The second kappa shape index (κ2) is 12.8. The van der Waals surface area contributed by atoms with Gasteiger partial charge in [0.15, 0.2) is 5.82 Å². The molecule has 41 heavy (non-hydrogen) atoms. The molecule has 0 saturated carbocycles. The maximum Gasteiger partial charge on any atom is 0.253 e. The van der Waals surface area contributed by atoms with Gasteiger partial charge in [-0.3, -0.25) is 4.79 Å². The number of halogens is 1. The van der Waals surface area contributed by atoms with Gasteiger partial charge in [0.05, 0.1) is 43.5 Å². The van der Waals surface area contributed by atoms with Gasteiger partial charge in [-0.05, 0) is 50.8 Å². The van der Waals surface area contributed by atoms with Gasteiger partial charge in [-0.15, -0.1) is 0 Å². The Morgan fingerprint density at radius 2 is 1.78 bits per heavy atom. The van der Waals surface area contributed by atoms with Crippen LogP contribution in [0.15, 0.2) is 42.6 Å². The lowest BCUT2D eigenvalue weighted by atomic mass is 10.1. The maximum atomic E-state index is 12.9. The molecule has 2 aliphatic heterocycles. The highest BCUT2D eigenvalue weighted by Crippen LogP contribution is 2.34. The van der Waals surface area contributed by atoms with Crippen LogP contribution in [0.3, 0.4) is 0 Å². The number of carbonyl (C=O) groups is 1. The molecule has 2 fully saturated rings. The molecule has 1 amide bonds. The number of nitrogens with one attached hydrogen (secondary N) is 3. The van der Waals surface area contributed by atoms with Crippen LogP contribution in [0.2, 0.25) is 5.02 Å². The summed E-state index contributed by atoms with van der Waals surface area (Å²) in [6.07, 6.45) is 2.60. The monoisotopic (exact) mass is 580 g/mol. The number of nitrogens with zero attached hydrogens (tertiary/aromatic N) is 5. The second-order valence-electron chi connectivity index (χ2n) is 10.3. The zero-order chi connectivity index (χ0) is 28.9. The molecule has 0 radical (unpaired) electrons. The van der Waals surface area contributed by atoms with Crippen molar-refractivity contribution in [3.63, 3.8) is 0 Å². The molecular weight excluding hydrogens is 544 g/mol. The molecule has 3 N–H and O–H groups in total. The number of aromatic nitrogens is 2. The minimum atomic E-state index is -0.202. The summed E-state index contributed by atoms with van der Waals surface area (Å²) in [6, 6.07) is 12.3. The summed E-state index contributed by atoms with van der Waals surface area (Å²) in [7, 11) is 7.45. The Bertz CT molecular complexity index is 1380. The van der Waals surface area contributed by atoms with Crippen molar-refractivity contribution in [2.45, 2.75) is 12.5 Å². The zero-order valence-electron chi connectivity index (χ0n) is 23.9. The van der Waals surface area contributed by atoms with Crippen molar-refractivity contribution in [1.82, 2.24) is 20.2 Å². The van der Waals surface area contributed by atoms with Crippen molar-refractivity contribution in [2.24, 2.45) is 0 Å². The normalized spacial score (nSPS) is 17.1. The molecule has 12 heteroatoms. The summed E-state index contributed by atoms with van der Waals surface area (Å²) in [5.41, 5.74) is 3.88. The SMILES string of the molecule is CNC(=O)c1cc(N2CC[C@H](N(C)C)C2)ccc1Nc1nc(Nc2ccc(N3CCOCC3)cc2OC)ncc1Cl. The number of amides is 1. The molecule has 3 heterocycles. The first-order valence-corrected chi connectivity index (χ1v) is 14.1. The molecule has 5 rings (SSSR count). The highest BCUT2D eigenvalue weighted by molar-refractivity contribution is 6.33. The smallest absolute Gasteiger partial charge is 0.253 e. The number of likely N-dealkylation sites (N-methyl/N-ethyl adjacent to an activating group) is 1. The summed E-state index contributed by atoms with van der Waals surface area (Å²) in [5, 5.41) is 9.55. The molecule has 1 aromatic heterocycles. The van der Waals surface area contributed by atoms with E-state index in [2.05, 4.69) is 54.7 Å². The first-order valence-electron chi connectivity index (χ1n) is 13.7. The van der Waals surface area contributed by atoms with Gasteiger partial charge >= 0.3 is 0 Å². The highest BCUT2D eigenvalue weighted by atomic mass is 35.5. The van der Waals surface area contributed by atoms with Crippen molar-refractivity contribution in [3.05, 3.63) is 53.2 Å². The Hall–Kier alpha value is -3.80. The van der Waals surface area contributed by atoms with Crippen LogP contribution in [0.5, 0.6) is 5.75 Å². The Morgan fingerprint density at radius 3 is 2.46 bits per heavy atom. The van der Waals surface area contributed by atoms with E-state index < -0.39 is 0 Å². The molecule has 0 unspecified atom stereocenters. The van der Waals surface area contributed by atoms with E-state index in [1.54, 1.807) is 14.2 Å². The van der Waals surface area contributed by atoms with E-state index in [9.17, 15) is 4.79 Å². The van der Waals surface area contributed by atoms with Crippen LogP contribution >= 0.6 is 11.6 Å². The fraction of sp³-hybridized carbons (Fsp3) is 0.414. The molecule has 2 saturated heterocycles. The Balaban J connectivity index is 1.37. The first-order chi connectivity index (χ1) is 19.9. The van der Waals surface area contributed by atoms with E-state index in [1.165, 1.54) is 6.20 Å². The Labute approximate surface area is 245 Å². The van der Waals surface area contributed by atoms with Gasteiger partial charge in [-0.1, -0.05) is 11.6 Å². The van der Waals surface area contributed by atoms with Crippen LogP contribution in [-0.2, 0) is 4.74 Å². The van der Waals surface area contributed by atoms with Crippen LogP contribution in [0.25, 0.3) is 0 Å². The molecular formula is C29H37ClN8O3. The third-order valence-electron chi connectivity index (χ3n) is 7.54. The van der Waals surface area contributed by atoms with Gasteiger partial charge in [-0.2, -0.15) is 4.98 Å². The van der Waals surface area contributed by atoms with E-state index >= 15 is 0 Å². The average molecular weight is 581 g/mol. The molecule has 3 aromatic rings. The van der Waals surface area contributed by atoms with Gasteiger partial charge in [-0.25, -0.2) is 4.98 Å². The van der Waals surface area contributed by atoms with E-state index in [0.29, 0.717) is 53.0 Å². The van der Waals surface area contributed by atoms with Crippen LogP contribution in [-0.4, -0.2) is 94.5 Å². The largest absolute Gasteiger partial charge is 0.494 e. The van der Waals surface area contributed by atoms with Crippen molar-refractivity contribution < 1.29 is 14.3 Å². The molecule has 218 valence electrons. The van der Waals surface area contributed by atoms with Crippen molar-refractivity contribution in [3.8, 4) is 5.75 Å². The van der Waals surface area contributed by atoms with Crippen molar-refractivity contribution in [1.29, 1.82) is 0 Å². The molecule has 1 atom stereocenters. The lowest BCUT2D eigenvalue weighted by Crippen LogP contribution is -2.36. The predicted molar refractivity (Wildman–Crippen MR) is 164 cm³/mol. The number of carbonyl (C=O) groups excluding carboxylic acids is 1. The van der Waals surface area contributed by atoms with Crippen LogP contribution in [0.4, 0.5) is 34.5 Å². The quantitative estimate of drug-likeness (QED) is 0.344. The summed E-state index contributed by atoms with van der Waals surface area (Å²) >= 11 is 6.49. The lowest BCUT2D eigenvalue weighted by molar-refractivity contribution is 0.0964. The van der Waals surface area contributed by atoms with Crippen LogP contribution in [0, 0.1) is 0 Å². The lowest BCUT2D eigenvalue weighted by Gasteiger charge is -2.29. The summed E-state index contributed by atoms with van der Waals surface area (Å²) < 4.78 is 11.1. The Morgan fingerprint density at radius 1 is 1.05 bits per heavy atom. The van der Waals surface area contributed by atoms with Crippen molar-refractivity contribution in [2.75, 3.05) is 88.1 Å². The number of ether oxygens (including phenoxy) is 2. The van der Waals surface area contributed by atoms with E-state index in [0.717, 1.165) is 49.7 Å². The standard InChI is InChI=1S/C29H37ClN8O3/c1-31-28(39)22-15-19(38-10-9-21(18-38)36(2)3)5-7-24(22)33-27-23(30)17-32-29(35-27)34-25-8-6-20(16-26(25)40-4)37-11-13-41-14-12-37/h5-8,15-17,21H,9-14,18H2,1-4H3,(H,31,39)(H2,32,33,34,35)/t21-/m0/s1. The minimum Gasteiger partial charge on any atom is -0.494 e. The van der Waals surface area contributed by atoms with Crippen molar-refractivity contribution >= 4 is 52.0 Å². The average Bonchev–Trinajstić information content (AvgIpc) is 3.50. The topological polar surface area (TPSA) is 107 Å². The fourth-order valence-corrected chi connectivity index (χ4v) is 5.26. The minimum absolute atomic E-state index is 0.202. The van der Waals surface area contributed by atoms with Crippen LogP contribution in [0.1, 0.15) is 16.8 Å². The zero-order valence-corrected chi connectivity index (χ0v) is 24.7. The maximum absolute atomic E-state index is 12.9. The fourth-order valence-electron chi connectivity index (χ4n) is 5.12. The van der Waals surface area contributed by atoms with Gasteiger partial charge in [0.1, 0.15) is 10.8 Å². The molecule has 0 bridgehead atoms. The number of anilines is 6. The third-order valence-corrected chi connectivity index (χ3v) is 7.82. The molecule has 11 nitrogen and oxygen atoms in total. The van der Waals surface area contributed by atoms with Crippen LogP contribution < -0.4 is 30.5 Å². The van der Waals surface area contributed by atoms with Gasteiger partial charge in [0.2, 0.25) is 5.95 Å². The number of methoxy groups -OCH3 is 1. The Kier molecular flexibility index (Phi) is 8.96. The van der Waals surface area contributed by atoms with E-state index in [-0.39, 0.29) is 5.91 Å². The molecule has 0 spiro atoms. The number of rotatable bonds is 9. The number of morpholine rings is 1. The highest BCUT2D eigenvalue weighted by Gasteiger charge is 2.25. The summed E-state index contributed by atoms with van der Waals surface area (Å²) in [6.45, 7) is 4.92. The molecule has 2 aliphatic rings. The molecule has 0 aliphatic carbocycles. The van der Waals surface area contributed by atoms with Gasteiger partial charge in [0, 0.05) is 56.7 Å². The number of hydrogen-bond acceptors (Lipinski definition) is 10. The summed E-state index contributed by atoms with van der Waals surface area (Å²) in [4.78, 5) is 28.7. The molecule has 2 aromatic carbocycles. The van der Waals surface area contributed by atoms with E-state index in [1.807, 2.05) is 36.4 Å². The predicted octanol–water partition coefficient (Wildman–Crippen LogP) is 3.96. The second-order valence-corrected chi connectivity index (χ2v) is 10.7. The number of benzene rings is 2. The third kappa shape index (κ3) is 6.58. The van der Waals surface area contributed by atoms with E-state index in [4.69, 9.17) is 21.1 Å². The van der Waals surface area contributed by atoms with Gasteiger partial charge in [0.25, 0.3) is 5.91 Å². The number of hydrogen-bond donors (Lipinski definition) is 3. The van der Waals surface area contributed by atoms with Gasteiger partial charge < -0.3 is 40.1 Å². The first kappa shape index (κ1) is 28.7.